The van der Waals surface area contributed by atoms with E-state index in [4.69, 9.17) is 25.7 Å². The van der Waals surface area contributed by atoms with Gasteiger partial charge in [-0.05, 0) is 136 Å². The standard InChI is InChI=1S/C78H101N11O21S2/c1-77(2)55-22-8-10-25-62(55)88(42-12-14-46-111(103,104)105)64(77)35-29-52-20-16-21-53(30-36-65-78(3,4)56-23-9-11-26-63(56)89(65)43-13-15-47-112(106,107)108)69(52)110-54-31-27-51(28-32-54)49-61(74(100)101)85-70(94)57(24-17-40-82-75(79)80)84-71(95)60(48-50-18-6-5-7-19-50)83-67(91)39-44-109-45-41-81-66(90)37-33-58(72(96)97)86-76(102)87-59(73(98)99)34-38-68(92)93/h5-11,18-19,22-23,25-32,35-36,57-61H,12-17,20-21,24,33-34,37-49H2,1-4H3,(H15-,79,80,81,82,83,84,85,86,87,90,91,92,93,94,95,96,97,98,99,100,101,102,103,104,105,106,107,108)/p+1/t57-,58+,59+,60-,61-/m0/s1. The van der Waals surface area contributed by atoms with Crippen LogP contribution in [-0.4, -0.2) is 197 Å². The third-order valence-electron chi connectivity index (χ3n) is 19.3. The molecule has 4 aromatic rings. The number of para-hydroxylation sites is 2. The number of carboxylic acids is 4. The average Bonchev–Trinajstić information content (AvgIpc) is 1.60. The largest absolute Gasteiger partial charge is 0.481 e. The van der Waals surface area contributed by atoms with Gasteiger partial charge in [0.15, 0.2) is 11.7 Å². The minimum Gasteiger partial charge on any atom is -0.481 e. The molecular weight excluding hydrogens is 1490 g/mol. The topological polar surface area (TPSA) is 502 Å². The lowest BCUT2D eigenvalue weighted by molar-refractivity contribution is -0.438. The van der Waals surface area contributed by atoms with Gasteiger partial charge < -0.3 is 77.8 Å². The first-order chi connectivity index (χ1) is 53.0. The maximum atomic E-state index is 14.4. The Morgan fingerprint density at radius 3 is 1.81 bits per heavy atom. The molecule has 2 heterocycles. The van der Waals surface area contributed by atoms with E-state index in [1.807, 2.05) is 53.9 Å². The van der Waals surface area contributed by atoms with Crippen LogP contribution in [0, 0.1) is 5.41 Å². The molecule has 606 valence electrons. The van der Waals surface area contributed by atoms with Crippen molar-refractivity contribution in [1.29, 1.82) is 5.41 Å². The van der Waals surface area contributed by atoms with Crippen LogP contribution >= 0.6 is 0 Å². The van der Waals surface area contributed by atoms with Crippen molar-refractivity contribution in [1.82, 2.24) is 37.2 Å². The van der Waals surface area contributed by atoms with E-state index in [0.29, 0.717) is 61.4 Å². The third kappa shape index (κ3) is 27.3. The molecule has 1 aliphatic carbocycles. The Morgan fingerprint density at radius 1 is 0.580 bits per heavy atom. The van der Waals surface area contributed by atoms with E-state index in [-0.39, 0.29) is 88.7 Å². The maximum absolute atomic E-state index is 14.4. The molecular formula is C78H102N11O21S2+. The lowest BCUT2D eigenvalue weighted by atomic mass is 9.81. The fourth-order valence-corrected chi connectivity index (χ4v) is 14.7. The number of carboxylic acid groups (broad SMARTS) is 4. The summed E-state index contributed by atoms with van der Waals surface area (Å²) in [6.07, 6.45) is 9.22. The molecule has 4 aromatic carbocycles. The minimum absolute atomic E-state index is 0.0533. The molecule has 3 aliphatic rings. The van der Waals surface area contributed by atoms with Gasteiger partial charge in [-0.2, -0.15) is 21.4 Å². The van der Waals surface area contributed by atoms with Crippen LogP contribution in [0.4, 0.5) is 16.2 Å². The molecule has 0 bridgehead atoms. The Kier molecular flexibility index (Phi) is 32.7. The smallest absolute Gasteiger partial charge is 0.326 e. The second-order valence-corrected chi connectivity index (χ2v) is 31.7. The van der Waals surface area contributed by atoms with Crippen molar-refractivity contribution >= 4 is 96.8 Å². The zero-order valence-electron chi connectivity index (χ0n) is 63.1. The summed E-state index contributed by atoms with van der Waals surface area (Å²) in [5, 5.41) is 63.4. The molecule has 2 aliphatic heterocycles. The van der Waals surface area contributed by atoms with Gasteiger partial charge in [0.1, 0.15) is 48.3 Å². The van der Waals surface area contributed by atoms with E-state index in [1.165, 1.54) is 0 Å². The first-order valence-corrected chi connectivity index (χ1v) is 40.2. The van der Waals surface area contributed by atoms with Gasteiger partial charge in [0, 0.05) is 92.7 Å². The molecule has 0 fully saturated rings. The Balaban J connectivity index is 1.07. The number of carbonyl (C=O) groups is 9. The average molecular weight is 1590 g/mol. The quantitative estimate of drug-likeness (QED) is 0.00788. The van der Waals surface area contributed by atoms with Crippen LogP contribution in [-0.2, 0) is 87.0 Å². The number of guanidine groups is 1. The van der Waals surface area contributed by atoms with Crippen LogP contribution in [0.5, 0.6) is 5.75 Å². The van der Waals surface area contributed by atoms with Crippen molar-refractivity contribution in [2.75, 3.05) is 55.8 Å². The van der Waals surface area contributed by atoms with E-state index in [9.17, 15) is 84.4 Å². The van der Waals surface area contributed by atoms with E-state index < -0.39 is 140 Å². The van der Waals surface area contributed by atoms with Gasteiger partial charge in [0.05, 0.1) is 30.1 Å². The van der Waals surface area contributed by atoms with Crippen LogP contribution in [0.3, 0.4) is 0 Å². The monoisotopic (exact) mass is 1590 g/mol. The molecule has 32 nitrogen and oxygen atoms in total. The zero-order chi connectivity index (χ0) is 81.9. The number of ether oxygens (including phenoxy) is 2. The van der Waals surface area contributed by atoms with Crippen molar-refractivity contribution in [3.8, 4) is 5.75 Å². The number of nitrogens with one attached hydrogen (secondary N) is 8. The van der Waals surface area contributed by atoms with Crippen molar-refractivity contribution in [3.05, 3.63) is 172 Å². The SMILES string of the molecule is CC1(C)C(/C=C/C2=C(Oc3ccc(C[C@H](NC(=O)[C@H](CCCNC(=N)N)NC(=O)[C@H](Cc4ccccc4)NC(=O)CCOCCNC(=O)CC[C@@H](NC(=O)N[C@H](CCC(=O)O)C(=O)O)C(=O)O)C(=O)O)cc3)C(=C/C=C3/N(CCCCS(=O)(=O)O)c4ccccc4C3(C)C)/CCC2)=[N+](CCCCS(=O)(=O)O)c2ccccc21. The first kappa shape index (κ1) is 88.4. The van der Waals surface area contributed by atoms with Crippen molar-refractivity contribution in [2.24, 2.45) is 5.73 Å². The maximum Gasteiger partial charge on any atom is 0.326 e. The van der Waals surface area contributed by atoms with Crippen LogP contribution in [0.15, 0.2) is 150 Å². The second-order valence-electron chi connectivity index (χ2n) is 28.5. The highest BCUT2D eigenvalue weighted by Gasteiger charge is 2.45. The van der Waals surface area contributed by atoms with E-state index >= 15 is 0 Å². The molecule has 0 saturated carbocycles. The number of amides is 6. The Hall–Kier alpha value is -10.8. The van der Waals surface area contributed by atoms with E-state index in [0.717, 1.165) is 51.5 Å². The summed E-state index contributed by atoms with van der Waals surface area (Å²) in [7, 11) is -8.35. The molecule has 16 N–H and O–H groups in total. The fraction of sp³-hybridized carbons (Fsp3) is 0.449. The summed E-state index contributed by atoms with van der Waals surface area (Å²) in [5.74, 6) is -8.88. The predicted octanol–water partition coefficient (Wildman–Crippen LogP) is 6.04. The number of hydrogen-bond acceptors (Lipinski definition) is 17. The summed E-state index contributed by atoms with van der Waals surface area (Å²) in [5.41, 5.74) is 13.4. The molecule has 34 heteroatoms. The predicted molar refractivity (Wildman–Crippen MR) is 416 cm³/mol. The number of hydrogen-bond donors (Lipinski definition) is 15. The number of rotatable bonds is 45. The number of anilines is 1. The Labute approximate surface area is 650 Å². The van der Waals surface area contributed by atoms with Gasteiger partial charge >= 0.3 is 29.9 Å². The summed E-state index contributed by atoms with van der Waals surface area (Å²) >= 11 is 0. The van der Waals surface area contributed by atoms with Gasteiger partial charge in [-0.25, -0.2) is 19.2 Å². The summed E-state index contributed by atoms with van der Waals surface area (Å²) in [6, 6.07) is 22.7. The number of nitrogens with zero attached hydrogens (tertiary/aromatic N) is 2. The molecule has 0 aromatic heterocycles. The molecule has 112 heavy (non-hydrogen) atoms. The summed E-state index contributed by atoms with van der Waals surface area (Å²) < 4.78 is 80.7. The third-order valence-corrected chi connectivity index (χ3v) is 20.9. The van der Waals surface area contributed by atoms with Gasteiger partial charge in [0.25, 0.3) is 20.2 Å². The van der Waals surface area contributed by atoms with Gasteiger partial charge in [-0.3, -0.25) is 38.5 Å². The zero-order valence-corrected chi connectivity index (χ0v) is 64.7. The minimum atomic E-state index is -4.17. The first-order valence-electron chi connectivity index (χ1n) is 37.0. The molecule has 7 rings (SSSR count). The number of allylic oxidation sites excluding steroid dienone is 7. The van der Waals surface area contributed by atoms with Crippen LogP contribution < -0.4 is 52.6 Å². The highest BCUT2D eigenvalue weighted by molar-refractivity contribution is 7.86. The number of benzene rings is 4. The number of fused-ring (bicyclic) bond motifs is 2. The molecule has 0 radical (unpaired) electrons. The van der Waals surface area contributed by atoms with Gasteiger partial charge in [0.2, 0.25) is 29.3 Å². The van der Waals surface area contributed by atoms with Crippen molar-refractivity contribution in [3.63, 3.8) is 0 Å². The highest BCUT2D eigenvalue weighted by atomic mass is 32.2. The lowest BCUT2D eigenvalue weighted by Gasteiger charge is -2.27. The second kappa shape index (κ2) is 41.5. The Morgan fingerprint density at radius 2 is 1.17 bits per heavy atom. The molecule has 0 unspecified atom stereocenters. The van der Waals surface area contributed by atoms with Gasteiger partial charge in [-0.1, -0.05) is 98.8 Å². The summed E-state index contributed by atoms with van der Waals surface area (Å²) in [6.45, 7) is 9.11. The number of urea groups is 1. The normalized spacial score (nSPS) is 16.5. The Bertz CT molecular complexity index is 4470. The van der Waals surface area contributed by atoms with Crippen LogP contribution in [0.1, 0.15) is 140 Å². The van der Waals surface area contributed by atoms with Crippen molar-refractivity contribution < 1.29 is 104 Å². The number of nitrogens with two attached hydrogens (primary N) is 1. The fourth-order valence-electron chi connectivity index (χ4n) is 13.5. The molecule has 0 spiro atoms. The van der Waals surface area contributed by atoms with E-state index in [2.05, 4.69) is 93.4 Å². The van der Waals surface area contributed by atoms with E-state index in [1.54, 1.807) is 54.6 Å². The number of unbranched alkanes of at least 4 members (excludes halogenated alkanes) is 2. The van der Waals surface area contributed by atoms with Crippen LogP contribution in [0.25, 0.3) is 0 Å². The number of carbonyl (C=O) groups excluding carboxylic acids is 5. The van der Waals surface area contributed by atoms with Crippen LogP contribution in [0.2, 0.25) is 0 Å². The van der Waals surface area contributed by atoms with Gasteiger partial charge in [-0.15, -0.1) is 0 Å². The summed E-state index contributed by atoms with van der Waals surface area (Å²) in [4.78, 5) is 117. The lowest BCUT2D eigenvalue weighted by Crippen LogP contribution is -2.56. The molecule has 5 atom stereocenters. The molecule has 0 saturated heterocycles. The number of aliphatic carboxylic acids is 4. The van der Waals surface area contributed by atoms with Crippen molar-refractivity contribution in [2.45, 2.75) is 171 Å². The highest BCUT2D eigenvalue weighted by Crippen LogP contribution is 2.48. The molecule has 6 amide bonds.